The molecule has 21 heavy (non-hydrogen) atoms. The first-order valence-corrected chi connectivity index (χ1v) is 8.25. The number of hydrogen-bond donors (Lipinski definition) is 3. The lowest BCUT2D eigenvalue weighted by Crippen LogP contribution is -2.54. The molecule has 0 aliphatic carbocycles. The van der Waals surface area contributed by atoms with Crippen LogP contribution in [0.15, 0.2) is 0 Å². The van der Waals surface area contributed by atoms with Gasteiger partial charge in [0.25, 0.3) is 0 Å². The number of aliphatic carboxylic acids is 1. The Hall–Kier alpha value is -1.44. The van der Waals surface area contributed by atoms with Gasteiger partial charge >= 0.3 is 12.0 Å². The van der Waals surface area contributed by atoms with E-state index >= 15 is 0 Å². The molecule has 0 spiro atoms. The third-order valence-electron chi connectivity index (χ3n) is 3.32. The van der Waals surface area contributed by atoms with Gasteiger partial charge in [0.2, 0.25) is 5.91 Å². The second kappa shape index (κ2) is 8.76. The summed E-state index contributed by atoms with van der Waals surface area (Å²) in [7, 11) is 0. The Balaban J connectivity index is 2.35. The smallest absolute Gasteiger partial charge is 0.327 e. The topological polar surface area (TPSA) is 98.7 Å². The van der Waals surface area contributed by atoms with E-state index < -0.39 is 18.0 Å². The monoisotopic (exact) mass is 317 g/mol. The maximum atomic E-state index is 12.0. The van der Waals surface area contributed by atoms with Crippen LogP contribution < -0.4 is 10.6 Å². The Morgan fingerprint density at radius 2 is 2.14 bits per heavy atom. The van der Waals surface area contributed by atoms with Crippen molar-refractivity contribution in [1.29, 1.82) is 0 Å². The average molecular weight is 317 g/mol. The van der Waals surface area contributed by atoms with Crippen molar-refractivity contribution in [2.24, 2.45) is 0 Å². The molecule has 1 aliphatic heterocycles. The fraction of sp³-hybridized carbons (Fsp3) is 0.769. The summed E-state index contributed by atoms with van der Waals surface area (Å²) in [5, 5.41) is 14.5. The minimum absolute atomic E-state index is 0.115. The Bertz CT molecular complexity index is 392. The number of carboxylic acids is 1. The van der Waals surface area contributed by atoms with Gasteiger partial charge in [0.1, 0.15) is 6.04 Å². The predicted octanol–water partition coefficient (Wildman–Crippen LogP) is 0.503. The molecule has 1 aliphatic rings. The number of rotatable bonds is 6. The molecule has 3 amide bonds. The van der Waals surface area contributed by atoms with E-state index in [0.717, 1.165) is 12.2 Å². The third-order valence-corrected chi connectivity index (χ3v) is 4.35. The van der Waals surface area contributed by atoms with E-state index in [1.165, 1.54) is 16.7 Å². The number of carbonyl (C=O) groups excluding carboxylic acids is 2. The van der Waals surface area contributed by atoms with Crippen LogP contribution in [0.3, 0.4) is 0 Å². The number of thioether (sulfide) groups is 1. The first-order chi connectivity index (χ1) is 9.95. The molecule has 0 radical (unpaired) electrons. The van der Waals surface area contributed by atoms with Crippen molar-refractivity contribution < 1.29 is 19.5 Å². The molecule has 2 unspecified atom stereocenters. The molecule has 0 bridgehead atoms. The van der Waals surface area contributed by atoms with Crippen LogP contribution in [-0.2, 0) is 9.59 Å². The van der Waals surface area contributed by atoms with Crippen molar-refractivity contribution in [3.05, 3.63) is 0 Å². The molecule has 1 saturated heterocycles. The second-order valence-electron chi connectivity index (χ2n) is 4.98. The van der Waals surface area contributed by atoms with E-state index in [9.17, 15) is 14.4 Å². The highest BCUT2D eigenvalue weighted by atomic mass is 32.2. The average Bonchev–Trinajstić information content (AvgIpc) is 2.46. The molecule has 0 aromatic heterocycles. The summed E-state index contributed by atoms with van der Waals surface area (Å²) in [6.07, 6.45) is 1.04. The highest BCUT2D eigenvalue weighted by Crippen LogP contribution is 2.16. The van der Waals surface area contributed by atoms with Crippen molar-refractivity contribution in [3.8, 4) is 0 Å². The molecule has 120 valence electrons. The zero-order valence-corrected chi connectivity index (χ0v) is 13.2. The molecule has 0 saturated carbocycles. The fourth-order valence-electron chi connectivity index (χ4n) is 1.88. The zero-order valence-electron chi connectivity index (χ0n) is 12.4. The summed E-state index contributed by atoms with van der Waals surface area (Å²) in [6.45, 7) is 4.51. The molecule has 0 aromatic carbocycles. The van der Waals surface area contributed by atoms with Crippen LogP contribution in [0.2, 0.25) is 0 Å². The van der Waals surface area contributed by atoms with Crippen molar-refractivity contribution in [2.75, 3.05) is 24.6 Å². The minimum Gasteiger partial charge on any atom is -0.480 e. The zero-order chi connectivity index (χ0) is 15.8. The first kappa shape index (κ1) is 17.6. The van der Waals surface area contributed by atoms with Crippen molar-refractivity contribution in [2.45, 2.75) is 38.8 Å². The molecule has 0 aromatic rings. The van der Waals surface area contributed by atoms with E-state index in [2.05, 4.69) is 10.6 Å². The van der Waals surface area contributed by atoms with Gasteiger partial charge in [-0.05, 0) is 13.3 Å². The number of amides is 3. The normalized spacial score (nSPS) is 19.7. The van der Waals surface area contributed by atoms with Gasteiger partial charge in [0.05, 0.1) is 0 Å². The van der Waals surface area contributed by atoms with E-state index in [1.807, 2.05) is 13.8 Å². The quantitative estimate of drug-likeness (QED) is 0.663. The lowest BCUT2D eigenvalue weighted by molar-refractivity contribution is -0.141. The molecule has 3 N–H and O–H groups in total. The number of nitrogens with zero attached hydrogens (tertiary/aromatic N) is 1. The number of carbonyl (C=O) groups is 3. The summed E-state index contributed by atoms with van der Waals surface area (Å²) >= 11 is 1.52. The van der Waals surface area contributed by atoms with Crippen LogP contribution in [0.25, 0.3) is 0 Å². The van der Waals surface area contributed by atoms with Gasteiger partial charge in [-0.15, -0.1) is 0 Å². The lowest BCUT2D eigenvalue weighted by Gasteiger charge is -2.32. The summed E-state index contributed by atoms with van der Waals surface area (Å²) in [5.41, 5.74) is 0. The van der Waals surface area contributed by atoms with E-state index in [1.54, 1.807) is 0 Å². The van der Waals surface area contributed by atoms with Crippen LogP contribution in [0, 0.1) is 0 Å². The van der Waals surface area contributed by atoms with Crippen LogP contribution >= 0.6 is 11.8 Å². The molecule has 1 rings (SSSR count). The van der Waals surface area contributed by atoms with Gasteiger partial charge in [-0.2, -0.15) is 11.8 Å². The van der Waals surface area contributed by atoms with Gasteiger partial charge in [0, 0.05) is 37.1 Å². The number of urea groups is 1. The van der Waals surface area contributed by atoms with Gasteiger partial charge in [0.15, 0.2) is 0 Å². The van der Waals surface area contributed by atoms with E-state index in [4.69, 9.17) is 5.11 Å². The Labute approximate surface area is 128 Å². The van der Waals surface area contributed by atoms with Crippen LogP contribution in [0.4, 0.5) is 4.79 Å². The molecule has 8 heteroatoms. The molecule has 2 atom stereocenters. The third kappa shape index (κ3) is 5.82. The summed E-state index contributed by atoms with van der Waals surface area (Å²) in [6, 6.07) is -1.10. The maximum absolute atomic E-state index is 12.0. The Morgan fingerprint density at radius 3 is 2.76 bits per heavy atom. The second-order valence-corrected chi connectivity index (χ2v) is 6.13. The van der Waals surface area contributed by atoms with Crippen LogP contribution in [0.5, 0.6) is 0 Å². The largest absolute Gasteiger partial charge is 0.480 e. The standard InChI is InChI=1S/C13H23N3O4S/c1-3-9(2)15-11(17)4-5-14-13(20)16-6-7-21-8-10(16)12(18)19/h9-10H,3-8H2,1-2H3,(H,14,20)(H,15,17)(H,18,19). The summed E-state index contributed by atoms with van der Waals surface area (Å²) in [4.78, 5) is 36.0. The summed E-state index contributed by atoms with van der Waals surface area (Å²) < 4.78 is 0. The Kier molecular flexibility index (Phi) is 7.35. The molecule has 1 heterocycles. The highest BCUT2D eigenvalue weighted by Gasteiger charge is 2.32. The van der Waals surface area contributed by atoms with Crippen LogP contribution in [-0.4, -0.2) is 64.6 Å². The van der Waals surface area contributed by atoms with Gasteiger partial charge in [-0.3, -0.25) is 4.79 Å². The number of nitrogens with one attached hydrogen (secondary N) is 2. The number of carboxylic acid groups (broad SMARTS) is 1. The van der Waals surface area contributed by atoms with Crippen molar-refractivity contribution in [1.82, 2.24) is 15.5 Å². The van der Waals surface area contributed by atoms with E-state index in [0.29, 0.717) is 12.3 Å². The predicted molar refractivity (Wildman–Crippen MR) is 81.4 cm³/mol. The van der Waals surface area contributed by atoms with E-state index in [-0.39, 0.29) is 24.9 Å². The Morgan fingerprint density at radius 1 is 1.43 bits per heavy atom. The highest BCUT2D eigenvalue weighted by molar-refractivity contribution is 7.99. The van der Waals surface area contributed by atoms with Crippen molar-refractivity contribution >= 4 is 29.7 Å². The number of hydrogen-bond acceptors (Lipinski definition) is 4. The maximum Gasteiger partial charge on any atom is 0.327 e. The molecule has 1 fully saturated rings. The fourth-order valence-corrected chi connectivity index (χ4v) is 2.92. The van der Waals surface area contributed by atoms with Crippen LogP contribution in [0.1, 0.15) is 26.7 Å². The van der Waals surface area contributed by atoms with Gasteiger partial charge < -0.3 is 20.6 Å². The molecule has 7 nitrogen and oxygen atoms in total. The first-order valence-electron chi connectivity index (χ1n) is 7.10. The van der Waals surface area contributed by atoms with Crippen molar-refractivity contribution in [3.63, 3.8) is 0 Å². The SMILES string of the molecule is CCC(C)NC(=O)CCNC(=O)N1CCSCC1C(=O)O. The molecular formula is C13H23N3O4S. The van der Waals surface area contributed by atoms with Gasteiger partial charge in [-0.25, -0.2) is 9.59 Å². The minimum atomic E-state index is -0.994. The van der Waals surface area contributed by atoms with Gasteiger partial charge in [-0.1, -0.05) is 6.92 Å². The molecular weight excluding hydrogens is 294 g/mol. The lowest BCUT2D eigenvalue weighted by atomic mass is 10.2. The summed E-state index contributed by atoms with van der Waals surface area (Å²) in [5.74, 6) is 0.0173.